The molecule has 3 nitrogen and oxygen atoms in total. The summed E-state index contributed by atoms with van der Waals surface area (Å²) in [5, 5.41) is 8.78. The average molecular weight is 330 g/mol. The lowest BCUT2D eigenvalue weighted by atomic mass is 10.0. The molecule has 0 fully saturated rings. The number of halogens is 1. The second-order valence-electron chi connectivity index (χ2n) is 4.21. The van der Waals surface area contributed by atoms with Crippen LogP contribution in [0.1, 0.15) is 31.9 Å². The van der Waals surface area contributed by atoms with Crippen molar-refractivity contribution in [3.63, 3.8) is 0 Å². The maximum Gasteiger partial charge on any atom is 0.337 e. The Bertz CT molecular complexity index is 642. The van der Waals surface area contributed by atoms with E-state index in [-0.39, 0.29) is 10.8 Å². The fraction of sp³-hybridized carbons (Fsp3) is 0.125. The predicted molar refractivity (Wildman–Crippen MR) is 79.7 cm³/mol. The monoisotopic (exact) mass is 329 g/mol. The Balaban J connectivity index is 2.22. The molecule has 0 N–H and O–H groups in total. The third-order valence-electron chi connectivity index (χ3n) is 2.96. The van der Waals surface area contributed by atoms with Crippen molar-refractivity contribution in [1.82, 2.24) is 0 Å². The molecule has 0 aliphatic carbocycles. The van der Waals surface area contributed by atoms with Gasteiger partial charge in [-0.15, -0.1) is 0 Å². The van der Waals surface area contributed by atoms with Gasteiger partial charge < -0.3 is 4.74 Å². The van der Waals surface area contributed by atoms with Crippen molar-refractivity contribution < 1.29 is 9.53 Å². The molecule has 2 rings (SSSR count). The summed E-state index contributed by atoms with van der Waals surface area (Å²) in [6.07, 6.45) is 0. The maximum absolute atomic E-state index is 11.4. The number of hydrogen-bond donors (Lipinski definition) is 0. The Labute approximate surface area is 125 Å². The van der Waals surface area contributed by atoms with Gasteiger partial charge in [0.05, 0.1) is 29.1 Å². The molecule has 20 heavy (non-hydrogen) atoms. The number of nitriles is 1. The molecule has 0 saturated carbocycles. The lowest BCUT2D eigenvalue weighted by Gasteiger charge is -2.11. The number of alkyl halides is 1. The van der Waals surface area contributed by atoms with Gasteiger partial charge in [0.15, 0.2) is 0 Å². The zero-order valence-electron chi connectivity index (χ0n) is 10.8. The Morgan fingerprint density at radius 3 is 2.05 bits per heavy atom. The van der Waals surface area contributed by atoms with Crippen LogP contribution in [0.15, 0.2) is 48.5 Å². The number of ether oxygens (including phenoxy) is 1. The summed E-state index contributed by atoms with van der Waals surface area (Å²) in [6, 6.07) is 16.7. The normalized spacial score (nSPS) is 11.4. The van der Waals surface area contributed by atoms with E-state index in [1.807, 2.05) is 24.3 Å². The number of benzene rings is 2. The first-order valence-electron chi connectivity index (χ1n) is 5.98. The summed E-state index contributed by atoms with van der Waals surface area (Å²) < 4.78 is 4.67. The summed E-state index contributed by atoms with van der Waals surface area (Å²) in [4.78, 5) is 11.4. The molecule has 1 atom stereocenters. The zero-order chi connectivity index (χ0) is 14.5. The van der Waals surface area contributed by atoms with Crippen LogP contribution in [0, 0.1) is 11.3 Å². The van der Waals surface area contributed by atoms with E-state index in [2.05, 4.69) is 26.7 Å². The van der Waals surface area contributed by atoms with Gasteiger partial charge in [-0.3, -0.25) is 0 Å². The van der Waals surface area contributed by atoms with Gasteiger partial charge in [0, 0.05) is 0 Å². The van der Waals surface area contributed by atoms with Crippen LogP contribution in [0.3, 0.4) is 0 Å². The van der Waals surface area contributed by atoms with E-state index in [9.17, 15) is 4.79 Å². The molecule has 2 aromatic rings. The van der Waals surface area contributed by atoms with Gasteiger partial charge in [0.2, 0.25) is 0 Å². The highest BCUT2D eigenvalue weighted by Gasteiger charge is 2.11. The first kappa shape index (κ1) is 14.3. The molecule has 0 amide bonds. The van der Waals surface area contributed by atoms with Gasteiger partial charge in [0.1, 0.15) is 0 Å². The van der Waals surface area contributed by atoms with Crippen LogP contribution in [0.2, 0.25) is 0 Å². The fourth-order valence-corrected chi connectivity index (χ4v) is 2.44. The smallest absolute Gasteiger partial charge is 0.337 e. The van der Waals surface area contributed by atoms with E-state index in [4.69, 9.17) is 5.26 Å². The van der Waals surface area contributed by atoms with Crippen LogP contribution in [0.25, 0.3) is 0 Å². The number of methoxy groups -OCH3 is 1. The van der Waals surface area contributed by atoms with Crippen LogP contribution in [-0.4, -0.2) is 13.1 Å². The lowest BCUT2D eigenvalue weighted by Crippen LogP contribution is -2.01. The average Bonchev–Trinajstić information content (AvgIpc) is 2.53. The van der Waals surface area contributed by atoms with E-state index < -0.39 is 0 Å². The molecule has 0 aromatic heterocycles. The number of carbonyl (C=O) groups is 1. The molecule has 2 aromatic carbocycles. The minimum absolute atomic E-state index is 0.0157. The van der Waals surface area contributed by atoms with Crippen molar-refractivity contribution in [2.24, 2.45) is 0 Å². The van der Waals surface area contributed by atoms with E-state index in [0.29, 0.717) is 11.1 Å². The molecule has 0 saturated heterocycles. The van der Waals surface area contributed by atoms with Crippen LogP contribution >= 0.6 is 15.9 Å². The number of nitrogens with zero attached hydrogens (tertiary/aromatic N) is 1. The molecule has 0 aliphatic rings. The Morgan fingerprint density at radius 2 is 1.60 bits per heavy atom. The first-order chi connectivity index (χ1) is 9.65. The molecule has 0 heterocycles. The van der Waals surface area contributed by atoms with E-state index >= 15 is 0 Å². The Morgan fingerprint density at radius 1 is 1.10 bits per heavy atom. The highest BCUT2D eigenvalue weighted by molar-refractivity contribution is 9.09. The Hall–Kier alpha value is -2.12. The maximum atomic E-state index is 11.4. The second-order valence-corrected chi connectivity index (χ2v) is 5.13. The topological polar surface area (TPSA) is 50.1 Å². The molecule has 4 heteroatoms. The predicted octanol–water partition coefficient (Wildman–Crippen LogP) is 3.83. The lowest BCUT2D eigenvalue weighted by molar-refractivity contribution is 0.0600. The second kappa shape index (κ2) is 6.36. The van der Waals surface area contributed by atoms with Crippen molar-refractivity contribution in [3.05, 3.63) is 70.8 Å². The zero-order valence-corrected chi connectivity index (χ0v) is 12.4. The molecule has 1 unspecified atom stereocenters. The summed E-state index contributed by atoms with van der Waals surface area (Å²) in [5.41, 5.74) is 3.24. The Kier molecular flexibility index (Phi) is 4.54. The molecule has 0 radical (unpaired) electrons. The number of esters is 1. The third kappa shape index (κ3) is 3.06. The summed E-state index contributed by atoms with van der Waals surface area (Å²) in [6.45, 7) is 0. The molecule has 0 bridgehead atoms. The quantitative estimate of drug-likeness (QED) is 0.635. The largest absolute Gasteiger partial charge is 0.465 e. The number of rotatable bonds is 3. The van der Waals surface area contributed by atoms with Gasteiger partial charge in [0.25, 0.3) is 0 Å². The standard InChI is InChI=1S/C16H12BrNO2/c1-20-16(19)14-8-6-13(7-9-14)15(17)12-4-2-11(10-18)3-5-12/h2-9,15H,1H3. The molecule has 0 spiro atoms. The van der Waals surface area contributed by atoms with Crippen LogP contribution in [0.5, 0.6) is 0 Å². The van der Waals surface area contributed by atoms with Gasteiger partial charge in [-0.05, 0) is 35.4 Å². The minimum atomic E-state index is -0.346. The van der Waals surface area contributed by atoms with Gasteiger partial charge in [-0.1, -0.05) is 40.2 Å². The van der Waals surface area contributed by atoms with E-state index in [1.165, 1.54) is 7.11 Å². The fourth-order valence-electron chi connectivity index (χ4n) is 1.83. The molecular weight excluding hydrogens is 318 g/mol. The van der Waals surface area contributed by atoms with Gasteiger partial charge in [-0.25, -0.2) is 4.79 Å². The van der Waals surface area contributed by atoms with Crippen LogP contribution < -0.4 is 0 Å². The van der Waals surface area contributed by atoms with Crippen molar-refractivity contribution >= 4 is 21.9 Å². The summed E-state index contributed by atoms with van der Waals surface area (Å²) in [7, 11) is 1.36. The van der Waals surface area contributed by atoms with Gasteiger partial charge in [-0.2, -0.15) is 5.26 Å². The first-order valence-corrected chi connectivity index (χ1v) is 6.89. The van der Waals surface area contributed by atoms with E-state index in [1.54, 1.807) is 24.3 Å². The van der Waals surface area contributed by atoms with E-state index in [0.717, 1.165) is 11.1 Å². The van der Waals surface area contributed by atoms with Gasteiger partial charge >= 0.3 is 5.97 Å². The third-order valence-corrected chi connectivity index (χ3v) is 4.01. The van der Waals surface area contributed by atoms with Crippen molar-refractivity contribution in [3.8, 4) is 6.07 Å². The molecular formula is C16H12BrNO2. The number of carbonyl (C=O) groups excluding carboxylic acids is 1. The highest BCUT2D eigenvalue weighted by atomic mass is 79.9. The van der Waals surface area contributed by atoms with Crippen molar-refractivity contribution in [1.29, 1.82) is 5.26 Å². The van der Waals surface area contributed by atoms with Crippen LogP contribution in [-0.2, 0) is 4.74 Å². The van der Waals surface area contributed by atoms with Crippen LogP contribution in [0.4, 0.5) is 0 Å². The SMILES string of the molecule is COC(=O)c1ccc(C(Br)c2ccc(C#N)cc2)cc1. The summed E-state index contributed by atoms with van der Waals surface area (Å²) >= 11 is 3.62. The summed E-state index contributed by atoms with van der Waals surface area (Å²) in [5.74, 6) is -0.346. The highest BCUT2D eigenvalue weighted by Crippen LogP contribution is 2.30. The minimum Gasteiger partial charge on any atom is -0.465 e. The molecule has 100 valence electrons. The van der Waals surface area contributed by atoms with Crippen molar-refractivity contribution in [2.75, 3.05) is 7.11 Å². The number of hydrogen-bond acceptors (Lipinski definition) is 3. The molecule has 0 aliphatic heterocycles. The van der Waals surface area contributed by atoms with Crippen molar-refractivity contribution in [2.45, 2.75) is 4.83 Å².